The predicted molar refractivity (Wildman–Crippen MR) is 87.3 cm³/mol. The summed E-state index contributed by atoms with van der Waals surface area (Å²) in [5.74, 6) is -0.251. The molecule has 0 aliphatic heterocycles. The van der Waals surface area contributed by atoms with E-state index in [4.69, 9.17) is 9.84 Å². The van der Waals surface area contributed by atoms with Gasteiger partial charge in [0.05, 0.1) is 24.2 Å². The zero-order valence-corrected chi connectivity index (χ0v) is 13.8. The first-order valence-corrected chi connectivity index (χ1v) is 7.24. The molecule has 128 valence electrons. The molecule has 1 amide bonds. The van der Waals surface area contributed by atoms with Crippen LogP contribution in [-0.2, 0) is 4.79 Å². The Morgan fingerprint density at radius 2 is 2.21 bits per heavy atom. The molecule has 0 spiro atoms. The quantitative estimate of drug-likeness (QED) is 0.351. The Kier molecular flexibility index (Phi) is 6.89. The van der Waals surface area contributed by atoms with Gasteiger partial charge in [-0.05, 0) is 31.6 Å². The molecule has 0 unspecified atom stereocenters. The van der Waals surface area contributed by atoms with Crippen LogP contribution in [0.3, 0.4) is 0 Å². The van der Waals surface area contributed by atoms with Gasteiger partial charge in [-0.25, -0.2) is 0 Å². The molecule has 1 rings (SSSR count). The molecule has 0 bridgehead atoms. The molecule has 1 aromatic carbocycles. The molecule has 0 fully saturated rings. The predicted octanol–water partition coefficient (Wildman–Crippen LogP) is 1.66. The maximum Gasteiger partial charge on any atom is 0.276 e. The van der Waals surface area contributed by atoms with Crippen molar-refractivity contribution in [3.63, 3.8) is 0 Å². The smallest absolute Gasteiger partial charge is 0.276 e. The number of ether oxygens (including phenoxy) is 1. The normalized spacial score (nSPS) is 10.9. The monoisotopic (exact) mass is 333 g/mol. The second kappa shape index (κ2) is 8.64. The highest BCUT2D eigenvalue weighted by Crippen LogP contribution is 2.30. The topological polar surface area (TPSA) is 117 Å². The van der Waals surface area contributed by atoms with Crippen LogP contribution in [0, 0.1) is 28.4 Å². The lowest BCUT2D eigenvalue weighted by atomic mass is 10.1. The largest absolute Gasteiger partial charge is 0.496 e. The average molecular weight is 333 g/mol. The van der Waals surface area contributed by atoms with Crippen LogP contribution in [0.25, 0.3) is 6.08 Å². The number of methoxy groups -OCH3 is 1. The van der Waals surface area contributed by atoms with Gasteiger partial charge in [0.1, 0.15) is 17.4 Å². The summed E-state index contributed by atoms with van der Waals surface area (Å²) in [5.41, 5.74) is 0.340. The van der Waals surface area contributed by atoms with E-state index in [0.29, 0.717) is 23.4 Å². The Morgan fingerprint density at radius 3 is 2.67 bits per heavy atom. The van der Waals surface area contributed by atoms with E-state index >= 15 is 0 Å². The van der Waals surface area contributed by atoms with E-state index in [-0.39, 0.29) is 24.4 Å². The van der Waals surface area contributed by atoms with E-state index in [1.807, 2.05) is 0 Å². The van der Waals surface area contributed by atoms with E-state index in [1.54, 1.807) is 19.9 Å². The van der Waals surface area contributed by atoms with Gasteiger partial charge >= 0.3 is 0 Å². The number of amides is 1. The molecular weight excluding hydrogens is 314 g/mol. The Hall–Kier alpha value is -2.92. The van der Waals surface area contributed by atoms with Gasteiger partial charge in [0.2, 0.25) is 0 Å². The number of hydrogen-bond acceptors (Lipinski definition) is 6. The van der Waals surface area contributed by atoms with Gasteiger partial charge in [-0.15, -0.1) is 0 Å². The zero-order chi connectivity index (χ0) is 18.3. The number of carbonyl (C=O) groups is 1. The molecule has 0 aromatic heterocycles. The van der Waals surface area contributed by atoms with Crippen molar-refractivity contribution in [1.82, 2.24) is 4.90 Å². The molecule has 8 heteroatoms. The molecule has 0 heterocycles. The third-order valence-electron chi connectivity index (χ3n) is 3.47. The molecule has 0 aliphatic carbocycles. The highest BCUT2D eigenvalue weighted by atomic mass is 16.6. The molecule has 1 N–H and O–H groups in total. The Labute approximate surface area is 139 Å². The summed E-state index contributed by atoms with van der Waals surface area (Å²) in [6, 6.07) is 4.61. The summed E-state index contributed by atoms with van der Waals surface area (Å²) in [4.78, 5) is 24.2. The van der Waals surface area contributed by atoms with Crippen LogP contribution in [0.15, 0.2) is 17.7 Å². The van der Waals surface area contributed by atoms with Crippen molar-refractivity contribution in [2.45, 2.75) is 13.8 Å². The van der Waals surface area contributed by atoms with Gasteiger partial charge in [0, 0.05) is 19.2 Å². The number of nitrogens with zero attached hydrogens (tertiary/aromatic N) is 3. The van der Waals surface area contributed by atoms with E-state index < -0.39 is 10.8 Å². The number of aliphatic hydroxyl groups is 1. The van der Waals surface area contributed by atoms with Crippen molar-refractivity contribution in [3.8, 4) is 11.8 Å². The van der Waals surface area contributed by atoms with E-state index in [0.717, 1.165) is 0 Å². The van der Waals surface area contributed by atoms with Crippen LogP contribution in [0.4, 0.5) is 5.69 Å². The molecular formula is C16H19N3O5. The SMILES string of the molecule is CCN(CCO)C(=O)/C(C#N)=C/c1cc(OC)c(C)c([N+](=O)[O-])c1. The zero-order valence-electron chi connectivity index (χ0n) is 13.8. The second-order valence-electron chi connectivity index (χ2n) is 4.90. The lowest BCUT2D eigenvalue weighted by Gasteiger charge is -2.18. The number of carbonyl (C=O) groups excluding carboxylic acids is 1. The minimum absolute atomic E-state index is 0.103. The molecule has 8 nitrogen and oxygen atoms in total. The van der Waals surface area contributed by atoms with Gasteiger partial charge in [-0.1, -0.05) is 0 Å². The number of nitro groups is 1. The van der Waals surface area contributed by atoms with Crippen molar-refractivity contribution in [2.24, 2.45) is 0 Å². The number of aliphatic hydroxyl groups excluding tert-OH is 1. The van der Waals surface area contributed by atoms with Crippen LogP contribution in [-0.4, -0.2) is 47.6 Å². The number of nitriles is 1. The average Bonchev–Trinajstić information content (AvgIpc) is 2.57. The Bertz CT molecular complexity index is 706. The van der Waals surface area contributed by atoms with Crippen molar-refractivity contribution in [2.75, 3.05) is 26.8 Å². The summed E-state index contributed by atoms with van der Waals surface area (Å²) in [7, 11) is 1.38. The van der Waals surface area contributed by atoms with Gasteiger partial charge < -0.3 is 14.7 Å². The van der Waals surface area contributed by atoms with Gasteiger partial charge in [0.15, 0.2) is 0 Å². The number of nitro benzene ring substituents is 1. The molecule has 0 aliphatic rings. The highest BCUT2D eigenvalue weighted by Gasteiger charge is 2.19. The first-order chi connectivity index (χ1) is 11.4. The fraction of sp³-hybridized carbons (Fsp3) is 0.375. The van der Waals surface area contributed by atoms with Crippen LogP contribution in [0.5, 0.6) is 5.75 Å². The van der Waals surface area contributed by atoms with E-state index in [1.165, 1.54) is 30.2 Å². The number of hydrogen-bond donors (Lipinski definition) is 1. The summed E-state index contributed by atoms with van der Waals surface area (Å²) in [6.07, 6.45) is 1.28. The Morgan fingerprint density at radius 1 is 1.54 bits per heavy atom. The first kappa shape index (κ1) is 19.1. The maximum atomic E-state index is 12.3. The molecule has 0 saturated carbocycles. The number of likely N-dealkylation sites (N-methyl/N-ethyl adjacent to an activating group) is 1. The van der Waals surface area contributed by atoms with Crippen molar-refractivity contribution >= 4 is 17.7 Å². The van der Waals surface area contributed by atoms with Crippen LogP contribution >= 0.6 is 0 Å². The first-order valence-electron chi connectivity index (χ1n) is 7.24. The fourth-order valence-electron chi connectivity index (χ4n) is 2.18. The second-order valence-corrected chi connectivity index (χ2v) is 4.90. The molecule has 1 aromatic rings. The lowest BCUT2D eigenvalue weighted by molar-refractivity contribution is -0.385. The highest BCUT2D eigenvalue weighted by molar-refractivity contribution is 6.01. The van der Waals surface area contributed by atoms with Crippen molar-refractivity contribution in [1.29, 1.82) is 5.26 Å². The van der Waals surface area contributed by atoms with Crippen LogP contribution in [0.2, 0.25) is 0 Å². The summed E-state index contributed by atoms with van der Waals surface area (Å²) >= 11 is 0. The summed E-state index contributed by atoms with van der Waals surface area (Å²) in [6.45, 7) is 3.49. The lowest BCUT2D eigenvalue weighted by Crippen LogP contribution is -2.34. The summed E-state index contributed by atoms with van der Waals surface area (Å²) < 4.78 is 5.11. The summed E-state index contributed by atoms with van der Waals surface area (Å²) in [5, 5.41) is 29.3. The van der Waals surface area contributed by atoms with E-state index in [9.17, 15) is 20.2 Å². The minimum atomic E-state index is -0.548. The maximum absolute atomic E-state index is 12.3. The fourth-order valence-corrected chi connectivity index (χ4v) is 2.18. The van der Waals surface area contributed by atoms with Gasteiger partial charge in [-0.3, -0.25) is 14.9 Å². The number of benzene rings is 1. The molecule has 24 heavy (non-hydrogen) atoms. The third kappa shape index (κ3) is 4.30. The third-order valence-corrected chi connectivity index (χ3v) is 3.47. The number of rotatable bonds is 7. The van der Waals surface area contributed by atoms with Gasteiger partial charge in [-0.2, -0.15) is 5.26 Å². The van der Waals surface area contributed by atoms with Crippen LogP contribution < -0.4 is 4.74 Å². The minimum Gasteiger partial charge on any atom is -0.496 e. The van der Waals surface area contributed by atoms with Crippen molar-refractivity contribution in [3.05, 3.63) is 38.9 Å². The molecule has 0 radical (unpaired) electrons. The van der Waals surface area contributed by atoms with Crippen molar-refractivity contribution < 1.29 is 19.6 Å². The van der Waals surface area contributed by atoms with Gasteiger partial charge in [0.25, 0.3) is 11.6 Å². The standard InChI is InChI=1S/C16H19N3O5/c1-4-18(5-6-20)16(21)13(10-17)7-12-8-14(19(22)23)11(2)15(9-12)24-3/h7-9,20H,4-6H2,1-3H3/b13-7+. The molecule has 0 atom stereocenters. The van der Waals surface area contributed by atoms with Crippen LogP contribution in [0.1, 0.15) is 18.1 Å². The Balaban J connectivity index is 3.35. The molecule has 0 saturated heterocycles. The van der Waals surface area contributed by atoms with E-state index in [2.05, 4.69) is 0 Å².